The van der Waals surface area contributed by atoms with Crippen LogP contribution < -0.4 is 0 Å². The van der Waals surface area contributed by atoms with Crippen molar-refractivity contribution in [3.63, 3.8) is 0 Å². The van der Waals surface area contributed by atoms with Gasteiger partial charge in [0.1, 0.15) is 18.3 Å². The van der Waals surface area contributed by atoms with Crippen LogP contribution >= 0.6 is 0 Å². The van der Waals surface area contributed by atoms with Crippen LogP contribution in [0.15, 0.2) is 0 Å². The number of fused-ring (bicyclic) bond motifs is 1. The molecule has 2 aliphatic rings. The molecule has 0 radical (unpaired) electrons. The first-order valence-electron chi connectivity index (χ1n) is 7.99. The highest BCUT2D eigenvalue weighted by atomic mass is 28.4. The fraction of sp³-hybridized carbons (Fsp3) is 1.00. The molecule has 142 valence electrons. The zero-order chi connectivity index (χ0) is 18.7. The van der Waals surface area contributed by atoms with Crippen LogP contribution in [0, 0.1) is 0 Å². The second kappa shape index (κ2) is 5.92. The molecule has 1 unspecified atom stereocenters. The number of aliphatic hydroxyl groups excluding tert-OH is 1. The minimum atomic E-state index is -4.67. The van der Waals surface area contributed by atoms with E-state index in [1.165, 1.54) is 13.8 Å². The van der Waals surface area contributed by atoms with Gasteiger partial charge in [0.25, 0.3) is 0 Å². The van der Waals surface area contributed by atoms with Gasteiger partial charge in [-0.3, -0.25) is 0 Å². The van der Waals surface area contributed by atoms with Crippen LogP contribution in [0.25, 0.3) is 0 Å². The molecule has 2 fully saturated rings. The minimum absolute atomic E-state index is 0.182. The predicted octanol–water partition coefficient (Wildman–Crippen LogP) is 3.18. The average Bonchev–Trinajstić information content (AvgIpc) is 2.65. The van der Waals surface area contributed by atoms with Crippen LogP contribution in [0.2, 0.25) is 18.1 Å². The van der Waals surface area contributed by atoms with Crippen molar-refractivity contribution in [1.29, 1.82) is 0 Å². The number of halogens is 3. The summed E-state index contributed by atoms with van der Waals surface area (Å²) in [5.74, 6) is -1.21. The van der Waals surface area contributed by atoms with Gasteiger partial charge < -0.3 is 23.7 Å². The second-order valence-electron chi connectivity index (χ2n) is 8.40. The molecule has 0 amide bonds. The lowest BCUT2D eigenvalue weighted by atomic mass is 9.99. The second-order valence-corrected chi connectivity index (χ2v) is 13.2. The van der Waals surface area contributed by atoms with Gasteiger partial charge >= 0.3 is 6.18 Å². The maximum atomic E-state index is 13.3. The highest BCUT2D eigenvalue weighted by Gasteiger charge is 2.63. The zero-order valence-corrected chi connectivity index (χ0v) is 16.1. The Balaban J connectivity index is 2.31. The topological polar surface area (TPSA) is 57.2 Å². The summed E-state index contributed by atoms with van der Waals surface area (Å²) in [6, 6.07) is 0. The molecule has 0 aromatic carbocycles. The van der Waals surface area contributed by atoms with Crippen molar-refractivity contribution in [2.45, 2.75) is 95.4 Å². The Morgan fingerprint density at radius 1 is 1.04 bits per heavy atom. The van der Waals surface area contributed by atoms with Gasteiger partial charge in [0.2, 0.25) is 0 Å². The molecular weight excluding hydrogens is 345 g/mol. The maximum absolute atomic E-state index is 13.3. The Bertz CT molecular complexity index is 475. The summed E-state index contributed by atoms with van der Waals surface area (Å²) < 4.78 is 61.8. The van der Waals surface area contributed by atoms with Crippen molar-refractivity contribution >= 4 is 8.32 Å². The lowest BCUT2D eigenvalue weighted by molar-refractivity contribution is -0.328. The summed E-state index contributed by atoms with van der Waals surface area (Å²) >= 11 is 0. The van der Waals surface area contributed by atoms with Crippen LogP contribution in [0.3, 0.4) is 0 Å². The SMILES string of the molecule is CC1(C)O[C@@H]2[C@H](O1)[C@H](C(F)(F)F)OC(O)[C@H]2O[Si](C)(C)C(C)(C)C. The summed E-state index contributed by atoms with van der Waals surface area (Å²) in [5.41, 5.74) is 0. The minimum Gasteiger partial charge on any atom is -0.406 e. The van der Waals surface area contributed by atoms with Gasteiger partial charge in [0.15, 0.2) is 26.5 Å². The van der Waals surface area contributed by atoms with Crippen molar-refractivity contribution in [2.75, 3.05) is 0 Å². The quantitative estimate of drug-likeness (QED) is 0.755. The third-order valence-electron chi connectivity index (χ3n) is 4.91. The summed E-state index contributed by atoms with van der Waals surface area (Å²) in [5, 5.41) is 10.0. The number of ether oxygens (including phenoxy) is 3. The molecule has 0 aromatic heterocycles. The smallest absolute Gasteiger partial charge is 0.406 e. The first-order chi connectivity index (χ1) is 10.6. The van der Waals surface area contributed by atoms with Gasteiger partial charge in [-0.2, -0.15) is 13.2 Å². The maximum Gasteiger partial charge on any atom is 0.417 e. The van der Waals surface area contributed by atoms with E-state index < -0.39 is 51.0 Å². The third-order valence-corrected chi connectivity index (χ3v) is 9.39. The summed E-state index contributed by atoms with van der Waals surface area (Å²) in [6.45, 7) is 13.0. The number of hydrogen-bond acceptors (Lipinski definition) is 5. The normalized spacial score (nSPS) is 37.4. The van der Waals surface area contributed by atoms with Crippen molar-refractivity contribution in [3.8, 4) is 0 Å². The molecule has 1 N–H and O–H groups in total. The molecule has 2 saturated heterocycles. The Morgan fingerprint density at radius 2 is 1.54 bits per heavy atom. The number of alkyl halides is 3. The van der Waals surface area contributed by atoms with E-state index in [0.29, 0.717) is 0 Å². The molecule has 9 heteroatoms. The monoisotopic (exact) mass is 372 g/mol. The molecule has 2 rings (SSSR count). The van der Waals surface area contributed by atoms with Crippen molar-refractivity contribution in [3.05, 3.63) is 0 Å². The van der Waals surface area contributed by atoms with Gasteiger partial charge in [0.05, 0.1) is 0 Å². The first kappa shape index (κ1) is 20.1. The fourth-order valence-electron chi connectivity index (χ4n) is 2.68. The van der Waals surface area contributed by atoms with Crippen molar-refractivity contribution < 1.29 is 36.9 Å². The number of aliphatic hydroxyl groups is 1. The van der Waals surface area contributed by atoms with E-state index in [-0.39, 0.29) is 5.04 Å². The fourth-order valence-corrected chi connectivity index (χ4v) is 3.96. The van der Waals surface area contributed by atoms with E-state index >= 15 is 0 Å². The first-order valence-corrected chi connectivity index (χ1v) is 10.9. The van der Waals surface area contributed by atoms with Crippen LogP contribution in [0.1, 0.15) is 34.6 Å². The molecule has 0 saturated carbocycles. The van der Waals surface area contributed by atoms with Gasteiger partial charge in [-0.1, -0.05) is 20.8 Å². The van der Waals surface area contributed by atoms with Gasteiger partial charge in [-0.05, 0) is 32.0 Å². The standard InChI is InChI=1S/C15H27F3O5Si/c1-13(2,3)24(6,7)23-10-8-9(22-14(4,5)21-8)11(15(16,17)18)20-12(10)19/h8-12,19H,1-7H3/t8-,9+,10+,11-,12?/m1/s1. The third kappa shape index (κ3) is 3.81. The lowest BCUT2D eigenvalue weighted by Crippen LogP contribution is -2.63. The molecular formula is C15H27F3O5Si. The average molecular weight is 372 g/mol. The number of hydrogen-bond donors (Lipinski definition) is 1. The molecule has 0 aromatic rings. The van der Waals surface area contributed by atoms with E-state index in [2.05, 4.69) is 0 Å². The van der Waals surface area contributed by atoms with Crippen molar-refractivity contribution in [2.24, 2.45) is 0 Å². The van der Waals surface area contributed by atoms with Crippen LogP contribution in [-0.2, 0) is 18.6 Å². The largest absolute Gasteiger partial charge is 0.417 e. The van der Waals surface area contributed by atoms with E-state index in [9.17, 15) is 18.3 Å². The Kier molecular flexibility index (Phi) is 4.96. The molecule has 2 heterocycles. The lowest BCUT2D eigenvalue weighted by Gasteiger charge is -2.46. The zero-order valence-electron chi connectivity index (χ0n) is 15.1. The van der Waals surface area contributed by atoms with Crippen LogP contribution in [0.5, 0.6) is 0 Å². The molecule has 0 aliphatic carbocycles. The van der Waals surface area contributed by atoms with Crippen LogP contribution in [-0.4, -0.2) is 56.1 Å². The highest BCUT2D eigenvalue weighted by Crippen LogP contribution is 2.45. The molecule has 5 atom stereocenters. The Labute approximate surface area is 141 Å². The predicted molar refractivity (Wildman–Crippen MR) is 82.8 cm³/mol. The van der Waals surface area contributed by atoms with Gasteiger partial charge in [0, 0.05) is 0 Å². The molecule has 0 bridgehead atoms. The molecule has 24 heavy (non-hydrogen) atoms. The van der Waals surface area contributed by atoms with Gasteiger partial charge in [-0.25, -0.2) is 0 Å². The van der Waals surface area contributed by atoms with Crippen molar-refractivity contribution in [1.82, 2.24) is 0 Å². The Hall–Kier alpha value is -0.193. The van der Waals surface area contributed by atoms with E-state index in [1.54, 1.807) is 0 Å². The van der Waals surface area contributed by atoms with E-state index in [0.717, 1.165) is 0 Å². The molecule has 2 aliphatic heterocycles. The van der Waals surface area contributed by atoms with Gasteiger partial charge in [-0.15, -0.1) is 0 Å². The summed E-state index contributed by atoms with van der Waals surface area (Å²) in [6.07, 6.45) is -12.1. The van der Waals surface area contributed by atoms with E-state index in [4.69, 9.17) is 18.6 Å². The summed E-state index contributed by atoms with van der Waals surface area (Å²) in [4.78, 5) is 0. The molecule has 5 nitrogen and oxygen atoms in total. The number of rotatable bonds is 2. The molecule has 0 spiro atoms. The van der Waals surface area contributed by atoms with E-state index in [1.807, 2.05) is 33.9 Å². The van der Waals surface area contributed by atoms with Crippen LogP contribution in [0.4, 0.5) is 13.2 Å². The Morgan fingerprint density at radius 3 is 2.00 bits per heavy atom. The highest BCUT2D eigenvalue weighted by molar-refractivity contribution is 6.74. The summed E-state index contributed by atoms with van der Waals surface area (Å²) in [7, 11) is -2.37.